The Hall–Kier alpha value is -0.410. The topological polar surface area (TPSA) is 24.9 Å². The van der Waals surface area contributed by atoms with E-state index in [0.29, 0.717) is 18.0 Å². The highest BCUT2D eigenvalue weighted by molar-refractivity contribution is 7.09. The van der Waals surface area contributed by atoms with Gasteiger partial charge < -0.3 is 5.32 Å². The van der Waals surface area contributed by atoms with Gasteiger partial charge in [-0.3, -0.25) is 0 Å². The van der Waals surface area contributed by atoms with E-state index in [1.54, 1.807) is 11.3 Å². The second-order valence-electron chi connectivity index (χ2n) is 6.82. The molecular weight excluding hydrogens is 240 g/mol. The van der Waals surface area contributed by atoms with Crippen molar-refractivity contribution < 1.29 is 0 Å². The van der Waals surface area contributed by atoms with Crippen LogP contribution in [-0.4, -0.2) is 11.0 Å². The third-order valence-corrected chi connectivity index (χ3v) is 3.79. The minimum Gasteiger partial charge on any atom is -0.306 e. The average molecular weight is 268 g/mol. The monoisotopic (exact) mass is 268 g/mol. The van der Waals surface area contributed by atoms with Crippen LogP contribution in [0.2, 0.25) is 0 Å². The van der Waals surface area contributed by atoms with Crippen molar-refractivity contribution in [1.82, 2.24) is 10.3 Å². The predicted octanol–water partition coefficient (Wildman–Crippen LogP) is 4.53. The number of hydrogen-bond donors (Lipinski definition) is 1. The molecule has 0 spiro atoms. The normalized spacial score (nSPS) is 14.5. The Morgan fingerprint density at radius 3 is 2.22 bits per heavy atom. The maximum Gasteiger partial charge on any atom is 0.110 e. The molecule has 1 aromatic rings. The molecule has 0 saturated carbocycles. The van der Waals surface area contributed by atoms with Crippen LogP contribution in [-0.2, 0) is 5.41 Å². The van der Waals surface area contributed by atoms with Gasteiger partial charge in [-0.15, -0.1) is 11.3 Å². The molecule has 104 valence electrons. The summed E-state index contributed by atoms with van der Waals surface area (Å²) in [6.45, 7) is 15.6. The lowest BCUT2D eigenvalue weighted by Crippen LogP contribution is -2.29. The van der Waals surface area contributed by atoms with Gasteiger partial charge in [0.1, 0.15) is 5.01 Å². The van der Waals surface area contributed by atoms with Crippen LogP contribution in [0.15, 0.2) is 5.38 Å². The van der Waals surface area contributed by atoms with Crippen molar-refractivity contribution in [2.24, 2.45) is 5.92 Å². The van der Waals surface area contributed by atoms with Crippen LogP contribution >= 0.6 is 11.3 Å². The first-order valence-corrected chi connectivity index (χ1v) is 7.80. The highest BCUT2D eigenvalue weighted by atomic mass is 32.1. The minimum atomic E-state index is 0.148. The fraction of sp³-hybridized carbons (Fsp3) is 0.800. The predicted molar refractivity (Wildman–Crippen MR) is 81.3 cm³/mol. The van der Waals surface area contributed by atoms with E-state index in [0.717, 1.165) is 6.42 Å². The van der Waals surface area contributed by atoms with Crippen molar-refractivity contribution in [2.45, 2.75) is 72.4 Å². The van der Waals surface area contributed by atoms with Gasteiger partial charge in [-0.2, -0.15) is 0 Å². The second kappa shape index (κ2) is 6.16. The summed E-state index contributed by atoms with van der Waals surface area (Å²) in [6.07, 6.45) is 1.15. The molecule has 3 heteroatoms. The van der Waals surface area contributed by atoms with E-state index in [-0.39, 0.29) is 5.41 Å². The molecule has 1 unspecified atom stereocenters. The van der Waals surface area contributed by atoms with Crippen molar-refractivity contribution in [3.8, 4) is 0 Å². The summed E-state index contributed by atoms with van der Waals surface area (Å²) < 4.78 is 0. The molecule has 2 nitrogen and oxygen atoms in total. The fourth-order valence-corrected chi connectivity index (χ4v) is 3.02. The van der Waals surface area contributed by atoms with Gasteiger partial charge in [0.15, 0.2) is 0 Å². The maximum absolute atomic E-state index is 4.84. The Morgan fingerprint density at radius 2 is 1.83 bits per heavy atom. The molecule has 18 heavy (non-hydrogen) atoms. The van der Waals surface area contributed by atoms with Crippen molar-refractivity contribution in [3.63, 3.8) is 0 Å². The number of rotatable bonds is 5. The summed E-state index contributed by atoms with van der Waals surface area (Å²) in [4.78, 5) is 4.84. The summed E-state index contributed by atoms with van der Waals surface area (Å²) in [5, 5.41) is 7.09. The number of aromatic nitrogens is 1. The molecule has 1 N–H and O–H groups in total. The van der Waals surface area contributed by atoms with Crippen LogP contribution in [0.3, 0.4) is 0 Å². The third kappa shape index (κ3) is 4.69. The van der Waals surface area contributed by atoms with Crippen LogP contribution in [0.5, 0.6) is 0 Å². The van der Waals surface area contributed by atoms with Gasteiger partial charge in [0.05, 0.1) is 11.7 Å². The smallest absolute Gasteiger partial charge is 0.110 e. The van der Waals surface area contributed by atoms with E-state index in [4.69, 9.17) is 4.98 Å². The van der Waals surface area contributed by atoms with Crippen molar-refractivity contribution in [1.29, 1.82) is 0 Å². The third-order valence-electron chi connectivity index (χ3n) is 2.83. The Kier molecular flexibility index (Phi) is 5.35. The highest BCUT2D eigenvalue weighted by Crippen LogP contribution is 2.29. The molecule has 0 radical (unpaired) electrons. The molecule has 1 aromatic heterocycles. The average Bonchev–Trinajstić information content (AvgIpc) is 2.62. The van der Waals surface area contributed by atoms with Gasteiger partial charge in [-0.05, 0) is 12.3 Å². The zero-order chi connectivity index (χ0) is 13.9. The van der Waals surface area contributed by atoms with E-state index in [1.165, 1.54) is 10.7 Å². The lowest BCUT2D eigenvalue weighted by Gasteiger charge is -2.21. The van der Waals surface area contributed by atoms with Gasteiger partial charge >= 0.3 is 0 Å². The number of hydrogen-bond acceptors (Lipinski definition) is 3. The van der Waals surface area contributed by atoms with Gasteiger partial charge in [0.25, 0.3) is 0 Å². The van der Waals surface area contributed by atoms with Crippen molar-refractivity contribution in [2.75, 3.05) is 0 Å². The Morgan fingerprint density at radius 1 is 1.22 bits per heavy atom. The second-order valence-corrected chi connectivity index (χ2v) is 7.71. The van der Waals surface area contributed by atoms with E-state index in [2.05, 4.69) is 59.2 Å². The molecule has 0 fully saturated rings. The number of thiazole rings is 1. The summed E-state index contributed by atoms with van der Waals surface area (Å²) >= 11 is 1.79. The van der Waals surface area contributed by atoms with Gasteiger partial charge in [-0.25, -0.2) is 4.98 Å². The van der Waals surface area contributed by atoms with Crippen molar-refractivity contribution >= 4 is 11.3 Å². The SMILES string of the molecule is CC(C)CC(NC(C)C)c1nc(C(C)(C)C)cs1. The molecule has 0 amide bonds. The van der Waals surface area contributed by atoms with Crippen LogP contribution in [0.25, 0.3) is 0 Å². The Balaban J connectivity index is 2.88. The van der Waals surface area contributed by atoms with Gasteiger partial charge in [-0.1, -0.05) is 48.5 Å². The quantitative estimate of drug-likeness (QED) is 0.849. The summed E-state index contributed by atoms with van der Waals surface area (Å²) in [5.74, 6) is 0.684. The zero-order valence-corrected chi connectivity index (χ0v) is 13.7. The molecule has 1 rings (SSSR count). The van der Waals surface area contributed by atoms with Crippen LogP contribution in [0, 0.1) is 5.92 Å². The van der Waals surface area contributed by atoms with E-state index in [9.17, 15) is 0 Å². The summed E-state index contributed by atoms with van der Waals surface area (Å²) in [6, 6.07) is 0.891. The Labute approximate surface area is 116 Å². The van der Waals surface area contributed by atoms with Crippen LogP contribution in [0.1, 0.15) is 71.6 Å². The van der Waals surface area contributed by atoms with Crippen LogP contribution in [0.4, 0.5) is 0 Å². The summed E-state index contributed by atoms with van der Waals surface area (Å²) in [7, 11) is 0. The minimum absolute atomic E-state index is 0.148. The Bertz CT molecular complexity index is 351. The molecule has 1 heterocycles. The maximum atomic E-state index is 4.84. The first-order valence-electron chi connectivity index (χ1n) is 6.92. The lowest BCUT2D eigenvalue weighted by molar-refractivity contribution is 0.398. The molecule has 0 aliphatic heterocycles. The summed E-state index contributed by atoms with van der Waals surface area (Å²) in [5.41, 5.74) is 1.36. The van der Waals surface area contributed by atoms with E-state index < -0.39 is 0 Å². The van der Waals surface area contributed by atoms with Crippen LogP contribution < -0.4 is 5.32 Å². The molecule has 1 atom stereocenters. The highest BCUT2D eigenvalue weighted by Gasteiger charge is 2.22. The van der Waals surface area contributed by atoms with Gasteiger partial charge in [0.2, 0.25) is 0 Å². The first kappa shape index (κ1) is 15.6. The first-order chi connectivity index (χ1) is 8.20. The lowest BCUT2D eigenvalue weighted by atomic mass is 9.93. The molecule has 0 saturated heterocycles. The van der Waals surface area contributed by atoms with E-state index in [1.807, 2.05) is 0 Å². The molecular formula is C15H28N2S. The standard InChI is InChI=1S/C15H28N2S/c1-10(2)8-12(16-11(3)4)14-17-13(9-18-14)15(5,6)7/h9-12,16H,8H2,1-7H3. The molecule has 0 aliphatic rings. The number of nitrogens with zero attached hydrogens (tertiary/aromatic N) is 1. The number of nitrogens with one attached hydrogen (secondary N) is 1. The zero-order valence-electron chi connectivity index (χ0n) is 12.9. The fourth-order valence-electron chi connectivity index (χ4n) is 1.91. The van der Waals surface area contributed by atoms with Gasteiger partial charge in [0, 0.05) is 16.8 Å². The van der Waals surface area contributed by atoms with Crippen molar-refractivity contribution in [3.05, 3.63) is 16.1 Å². The largest absolute Gasteiger partial charge is 0.306 e. The molecule has 0 bridgehead atoms. The molecule has 0 aliphatic carbocycles. The molecule has 0 aromatic carbocycles. The van der Waals surface area contributed by atoms with E-state index >= 15 is 0 Å².